The molecule has 4 unspecified atom stereocenters. The Hall–Kier alpha value is -1.81. The van der Waals surface area contributed by atoms with E-state index in [1.807, 2.05) is 0 Å². The fourth-order valence-corrected chi connectivity index (χ4v) is 2.60. The molecule has 9 heteroatoms. The number of aliphatic hydroxyl groups excluding tert-OH is 2. The highest BCUT2D eigenvalue weighted by Crippen LogP contribution is 2.40. The number of aliphatic hydroxyl groups is 3. The highest BCUT2D eigenvalue weighted by Gasteiger charge is 2.56. The van der Waals surface area contributed by atoms with Gasteiger partial charge in [0.25, 0.3) is 0 Å². The highest BCUT2D eigenvalue weighted by molar-refractivity contribution is 5.86. The predicted molar refractivity (Wildman–Crippen MR) is 69.9 cm³/mol. The zero-order valence-corrected chi connectivity index (χ0v) is 10.9. The van der Waals surface area contributed by atoms with Crippen molar-refractivity contribution in [3.63, 3.8) is 0 Å². The van der Waals surface area contributed by atoms with Crippen molar-refractivity contribution in [1.29, 1.82) is 0 Å². The van der Waals surface area contributed by atoms with E-state index in [0.717, 1.165) is 0 Å². The molecular weight excluding hydrogens is 283 g/mol. The number of ether oxygens (including phenoxy) is 1. The minimum Gasteiger partial charge on any atom is -0.394 e. The van der Waals surface area contributed by atoms with Crippen LogP contribution in [0.15, 0.2) is 18.6 Å². The van der Waals surface area contributed by atoms with Gasteiger partial charge in [0, 0.05) is 6.20 Å². The Balaban J connectivity index is 2.11. The average Bonchev–Trinajstić information content (AvgIpc) is 3.01. The Morgan fingerprint density at radius 3 is 2.90 bits per heavy atom. The van der Waals surface area contributed by atoms with Gasteiger partial charge >= 0.3 is 0 Å². The predicted octanol–water partition coefficient (Wildman–Crippen LogP) is -1.04. The van der Waals surface area contributed by atoms with Crippen molar-refractivity contribution in [3.05, 3.63) is 18.6 Å². The molecule has 114 valence electrons. The number of halogens is 1. The number of alkyl halides is 1. The monoisotopic (exact) mass is 298 g/mol. The first-order valence-electron chi connectivity index (χ1n) is 6.32. The van der Waals surface area contributed by atoms with Gasteiger partial charge in [0.1, 0.15) is 36.7 Å². The lowest BCUT2D eigenvalue weighted by molar-refractivity contribution is -0.118. The molecule has 2 aromatic heterocycles. The molecule has 3 rings (SSSR count). The zero-order chi connectivity index (χ0) is 15.2. The summed E-state index contributed by atoms with van der Waals surface area (Å²) in [6.07, 6.45) is -1.15. The van der Waals surface area contributed by atoms with E-state index < -0.39 is 37.3 Å². The van der Waals surface area contributed by atoms with Gasteiger partial charge < -0.3 is 30.4 Å². The fourth-order valence-electron chi connectivity index (χ4n) is 2.60. The van der Waals surface area contributed by atoms with Gasteiger partial charge in [-0.25, -0.2) is 14.4 Å². The minimum absolute atomic E-state index is 0.236. The van der Waals surface area contributed by atoms with Gasteiger partial charge in [-0.2, -0.15) is 0 Å². The zero-order valence-electron chi connectivity index (χ0n) is 10.9. The van der Waals surface area contributed by atoms with E-state index in [4.69, 9.17) is 15.6 Å². The Bertz CT molecular complexity index is 666. The van der Waals surface area contributed by atoms with Gasteiger partial charge in [-0.3, -0.25) is 0 Å². The van der Waals surface area contributed by atoms with Gasteiger partial charge in [0.2, 0.25) is 0 Å². The van der Waals surface area contributed by atoms with Crippen molar-refractivity contribution in [3.8, 4) is 0 Å². The maximum atomic E-state index is 13.3. The summed E-state index contributed by atoms with van der Waals surface area (Å²) >= 11 is 0. The van der Waals surface area contributed by atoms with Crippen LogP contribution in [0.5, 0.6) is 0 Å². The average molecular weight is 298 g/mol. The molecule has 0 saturated carbocycles. The van der Waals surface area contributed by atoms with E-state index in [1.165, 1.54) is 17.1 Å². The summed E-state index contributed by atoms with van der Waals surface area (Å²) in [7, 11) is 0. The minimum atomic E-state index is -2.18. The maximum absolute atomic E-state index is 13.3. The first-order valence-corrected chi connectivity index (χ1v) is 6.32. The summed E-state index contributed by atoms with van der Waals surface area (Å²) in [5.74, 6) is 0.236. The lowest BCUT2D eigenvalue weighted by Gasteiger charge is -2.28. The molecule has 0 spiro atoms. The number of fused-ring (bicyclic) bond motifs is 1. The SMILES string of the molecule is Nc1ncnc2c1ccn2C1OC(CO)C(O)C1(O)CF. The highest BCUT2D eigenvalue weighted by atomic mass is 19.1. The largest absolute Gasteiger partial charge is 0.394 e. The molecule has 21 heavy (non-hydrogen) atoms. The van der Waals surface area contributed by atoms with E-state index in [0.29, 0.717) is 11.0 Å². The van der Waals surface area contributed by atoms with E-state index in [1.54, 1.807) is 6.07 Å². The molecule has 0 amide bonds. The summed E-state index contributed by atoms with van der Waals surface area (Å²) < 4.78 is 20.1. The van der Waals surface area contributed by atoms with Crippen molar-refractivity contribution < 1.29 is 24.4 Å². The van der Waals surface area contributed by atoms with Gasteiger partial charge in [-0.1, -0.05) is 0 Å². The fraction of sp³-hybridized carbons (Fsp3) is 0.500. The number of nitrogens with zero attached hydrogens (tertiary/aromatic N) is 3. The van der Waals surface area contributed by atoms with Crippen LogP contribution in [0.3, 0.4) is 0 Å². The summed E-state index contributed by atoms with van der Waals surface area (Å²) in [5, 5.41) is 30.0. The van der Waals surface area contributed by atoms with Crippen molar-refractivity contribution in [2.24, 2.45) is 0 Å². The molecule has 1 saturated heterocycles. The van der Waals surface area contributed by atoms with E-state index in [-0.39, 0.29) is 5.82 Å². The van der Waals surface area contributed by atoms with Gasteiger partial charge in [-0.05, 0) is 6.07 Å². The molecule has 0 radical (unpaired) electrons. The molecular formula is C12H15FN4O4. The molecule has 1 fully saturated rings. The molecule has 2 aromatic rings. The van der Waals surface area contributed by atoms with Crippen LogP contribution in [0.2, 0.25) is 0 Å². The molecule has 3 heterocycles. The van der Waals surface area contributed by atoms with E-state index in [2.05, 4.69) is 9.97 Å². The van der Waals surface area contributed by atoms with Crippen LogP contribution in [0.25, 0.3) is 11.0 Å². The lowest BCUT2D eigenvalue weighted by atomic mass is 9.95. The van der Waals surface area contributed by atoms with E-state index in [9.17, 15) is 14.6 Å². The second kappa shape index (κ2) is 4.88. The number of aromatic nitrogens is 3. The Kier molecular flexibility index (Phi) is 3.29. The van der Waals surface area contributed by atoms with Crippen LogP contribution in [0, 0.1) is 0 Å². The molecule has 0 bridgehead atoms. The molecule has 0 aromatic carbocycles. The third-order valence-corrected chi connectivity index (χ3v) is 3.78. The Labute approximate surface area is 118 Å². The normalized spacial score (nSPS) is 32.9. The summed E-state index contributed by atoms with van der Waals surface area (Å²) in [4.78, 5) is 7.87. The van der Waals surface area contributed by atoms with Crippen LogP contribution in [0.1, 0.15) is 6.23 Å². The Morgan fingerprint density at radius 2 is 2.24 bits per heavy atom. The molecule has 8 nitrogen and oxygen atoms in total. The number of hydrogen-bond donors (Lipinski definition) is 4. The number of nitrogen functional groups attached to an aromatic ring is 1. The van der Waals surface area contributed by atoms with Crippen molar-refractivity contribution in [2.75, 3.05) is 19.0 Å². The van der Waals surface area contributed by atoms with Crippen LogP contribution >= 0.6 is 0 Å². The summed E-state index contributed by atoms with van der Waals surface area (Å²) in [6.45, 7) is -1.79. The van der Waals surface area contributed by atoms with Crippen LogP contribution in [0.4, 0.5) is 10.2 Å². The third-order valence-electron chi connectivity index (χ3n) is 3.78. The van der Waals surface area contributed by atoms with Crippen LogP contribution < -0.4 is 5.73 Å². The lowest BCUT2D eigenvalue weighted by Crippen LogP contribution is -2.48. The second-order valence-corrected chi connectivity index (χ2v) is 5.00. The number of rotatable bonds is 3. The molecule has 4 atom stereocenters. The van der Waals surface area contributed by atoms with Crippen molar-refractivity contribution >= 4 is 16.9 Å². The maximum Gasteiger partial charge on any atom is 0.169 e. The second-order valence-electron chi connectivity index (χ2n) is 5.00. The van der Waals surface area contributed by atoms with Crippen molar-refractivity contribution in [1.82, 2.24) is 14.5 Å². The summed E-state index contributed by atoms with van der Waals surface area (Å²) in [6, 6.07) is 1.60. The smallest absolute Gasteiger partial charge is 0.169 e. The summed E-state index contributed by atoms with van der Waals surface area (Å²) in [5.41, 5.74) is 3.87. The quantitative estimate of drug-likeness (QED) is 0.570. The molecule has 5 N–H and O–H groups in total. The third kappa shape index (κ3) is 1.89. The van der Waals surface area contributed by atoms with Crippen molar-refractivity contribution in [2.45, 2.75) is 24.0 Å². The number of hydrogen-bond acceptors (Lipinski definition) is 7. The standard InChI is InChI=1S/C12H15FN4O4/c13-4-12(20)8(19)7(3-18)21-11(12)17-2-1-6-9(14)15-5-16-10(6)17/h1-2,5,7-8,11,18-20H,3-4H2,(H2,14,15,16). The first kappa shape index (κ1) is 14.1. The number of anilines is 1. The van der Waals surface area contributed by atoms with Crippen LogP contribution in [-0.2, 0) is 4.74 Å². The first-order chi connectivity index (χ1) is 10.0. The van der Waals surface area contributed by atoms with Crippen LogP contribution in [-0.4, -0.2) is 60.9 Å². The topological polar surface area (TPSA) is 127 Å². The van der Waals surface area contributed by atoms with E-state index >= 15 is 0 Å². The Morgan fingerprint density at radius 1 is 1.48 bits per heavy atom. The van der Waals surface area contributed by atoms with Gasteiger partial charge in [-0.15, -0.1) is 0 Å². The number of nitrogens with two attached hydrogens (primary N) is 1. The molecule has 0 aliphatic carbocycles. The molecule has 1 aliphatic heterocycles. The molecule has 1 aliphatic rings. The van der Waals surface area contributed by atoms with Gasteiger partial charge in [0.15, 0.2) is 11.8 Å². The van der Waals surface area contributed by atoms with Gasteiger partial charge in [0.05, 0.1) is 12.0 Å².